The minimum absolute atomic E-state index is 0.00413. The lowest BCUT2D eigenvalue weighted by Crippen LogP contribution is -2.54. The molecule has 1 aromatic heterocycles. The third kappa shape index (κ3) is 7.41. The number of amides is 3. The standard InChI is InChI=1S/C22H25F2N5O4S2/c1-13(2)11-26-35(32,33)28-22(31)27-19(8-14-6-15(23)9-16(24)7-14)21(30)29(3)17-4-5-20-18(10-17)25-12-34-20/h4-7,9-10,12-13,19,26H,8,11H2,1-3H3,(H2,27,28,31)/t19-/m0/s1. The van der Waals surface area contributed by atoms with Crippen LogP contribution in [0, 0.1) is 17.6 Å². The van der Waals surface area contributed by atoms with E-state index < -0.39 is 39.8 Å². The Bertz CT molecular complexity index is 1310. The van der Waals surface area contributed by atoms with Crippen molar-refractivity contribution in [3.8, 4) is 0 Å². The lowest BCUT2D eigenvalue weighted by Gasteiger charge is -2.25. The van der Waals surface area contributed by atoms with E-state index in [0.717, 1.165) is 16.8 Å². The summed E-state index contributed by atoms with van der Waals surface area (Å²) in [7, 11) is -2.72. The van der Waals surface area contributed by atoms with Crippen LogP contribution in [-0.2, 0) is 21.4 Å². The van der Waals surface area contributed by atoms with Crippen LogP contribution in [0.4, 0.5) is 19.3 Å². The van der Waals surface area contributed by atoms with Gasteiger partial charge in [0.15, 0.2) is 0 Å². The van der Waals surface area contributed by atoms with Crippen molar-refractivity contribution in [1.82, 2.24) is 19.7 Å². The number of likely N-dealkylation sites (N-methyl/N-ethyl adjacent to an activating group) is 1. The Balaban J connectivity index is 1.83. The maximum atomic E-state index is 13.7. The van der Waals surface area contributed by atoms with Gasteiger partial charge in [0.05, 0.1) is 15.7 Å². The number of nitrogens with one attached hydrogen (secondary N) is 3. The minimum atomic E-state index is -4.19. The molecule has 0 radical (unpaired) electrons. The Morgan fingerprint density at radius 2 is 1.80 bits per heavy atom. The average Bonchev–Trinajstić information content (AvgIpc) is 3.23. The summed E-state index contributed by atoms with van der Waals surface area (Å²) in [4.78, 5) is 31.3. The van der Waals surface area contributed by atoms with Gasteiger partial charge in [-0.15, -0.1) is 11.3 Å². The van der Waals surface area contributed by atoms with Crippen LogP contribution in [0.3, 0.4) is 0 Å². The maximum Gasteiger partial charge on any atom is 0.330 e. The number of thiazole rings is 1. The molecule has 3 amide bonds. The van der Waals surface area contributed by atoms with Crippen molar-refractivity contribution in [3.05, 3.63) is 59.1 Å². The molecule has 9 nitrogen and oxygen atoms in total. The quantitative estimate of drug-likeness (QED) is 0.397. The summed E-state index contributed by atoms with van der Waals surface area (Å²) in [5.74, 6) is -2.33. The predicted molar refractivity (Wildman–Crippen MR) is 130 cm³/mol. The number of rotatable bonds is 9. The van der Waals surface area contributed by atoms with Crippen molar-refractivity contribution in [2.75, 3.05) is 18.5 Å². The highest BCUT2D eigenvalue weighted by Crippen LogP contribution is 2.24. The van der Waals surface area contributed by atoms with E-state index in [-0.39, 0.29) is 24.4 Å². The summed E-state index contributed by atoms with van der Waals surface area (Å²) in [6, 6.07) is 5.41. The third-order valence-corrected chi connectivity index (χ3v) is 6.72. The Hall–Kier alpha value is -3.16. The first-order chi connectivity index (χ1) is 16.4. The maximum absolute atomic E-state index is 13.7. The Kier molecular flexibility index (Phi) is 8.35. The fourth-order valence-electron chi connectivity index (χ4n) is 3.20. The van der Waals surface area contributed by atoms with Crippen LogP contribution < -0.4 is 19.7 Å². The van der Waals surface area contributed by atoms with E-state index in [1.54, 1.807) is 42.3 Å². The molecule has 188 valence electrons. The molecule has 0 aliphatic heterocycles. The van der Waals surface area contributed by atoms with Gasteiger partial charge in [0.1, 0.15) is 17.7 Å². The van der Waals surface area contributed by atoms with E-state index in [4.69, 9.17) is 0 Å². The van der Waals surface area contributed by atoms with E-state index in [2.05, 4.69) is 15.0 Å². The molecule has 0 spiro atoms. The molecule has 3 N–H and O–H groups in total. The highest BCUT2D eigenvalue weighted by molar-refractivity contribution is 7.88. The largest absolute Gasteiger partial charge is 0.330 e. The number of anilines is 1. The average molecular weight is 526 g/mol. The van der Waals surface area contributed by atoms with Gasteiger partial charge in [0.2, 0.25) is 5.91 Å². The van der Waals surface area contributed by atoms with Crippen molar-refractivity contribution in [2.45, 2.75) is 26.3 Å². The molecule has 35 heavy (non-hydrogen) atoms. The van der Waals surface area contributed by atoms with Gasteiger partial charge < -0.3 is 10.2 Å². The van der Waals surface area contributed by atoms with Gasteiger partial charge in [0.25, 0.3) is 0 Å². The van der Waals surface area contributed by atoms with Crippen LogP contribution in [0.5, 0.6) is 0 Å². The molecule has 13 heteroatoms. The molecule has 2 aromatic carbocycles. The lowest BCUT2D eigenvalue weighted by atomic mass is 10.0. The molecule has 0 aliphatic rings. The second-order valence-electron chi connectivity index (χ2n) is 8.26. The van der Waals surface area contributed by atoms with Gasteiger partial charge in [-0.05, 0) is 41.8 Å². The minimum Gasteiger partial charge on any atom is -0.325 e. The molecule has 0 aliphatic carbocycles. The topological polar surface area (TPSA) is 120 Å². The van der Waals surface area contributed by atoms with Crippen LogP contribution in [0.1, 0.15) is 19.4 Å². The summed E-state index contributed by atoms with van der Waals surface area (Å²) < 4.78 is 56.6. The predicted octanol–water partition coefficient (Wildman–Crippen LogP) is 2.94. The monoisotopic (exact) mass is 525 g/mol. The zero-order valence-electron chi connectivity index (χ0n) is 19.2. The number of aromatic nitrogens is 1. The zero-order chi connectivity index (χ0) is 25.8. The smallest absolute Gasteiger partial charge is 0.325 e. The summed E-state index contributed by atoms with van der Waals surface area (Å²) in [5.41, 5.74) is 2.91. The number of nitrogens with zero attached hydrogens (tertiary/aromatic N) is 2. The highest BCUT2D eigenvalue weighted by Gasteiger charge is 2.27. The molecule has 0 unspecified atom stereocenters. The summed E-state index contributed by atoms with van der Waals surface area (Å²) in [6.07, 6.45) is -0.288. The molecule has 0 saturated heterocycles. The first-order valence-corrected chi connectivity index (χ1v) is 12.9. The van der Waals surface area contributed by atoms with E-state index >= 15 is 0 Å². The van der Waals surface area contributed by atoms with Crippen LogP contribution in [-0.4, -0.2) is 45.0 Å². The fourth-order valence-corrected chi connectivity index (χ4v) is 4.79. The van der Waals surface area contributed by atoms with Crippen LogP contribution >= 0.6 is 11.3 Å². The molecule has 1 heterocycles. The molecule has 3 rings (SSSR count). The second-order valence-corrected chi connectivity index (χ2v) is 10.6. The summed E-state index contributed by atoms with van der Waals surface area (Å²) in [5, 5.41) is 2.31. The van der Waals surface area contributed by atoms with Crippen molar-refractivity contribution < 1.29 is 26.8 Å². The van der Waals surface area contributed by atoms with Gasteiger partial charge in [-0.2, -0.15) is 13.1 Å². The normalized spacial score (nSPS) is 12.5. The SMILES string of the molecule is CC(C)CNS(=O)(=O)NC(=O)N[C@@H](Cc1cc(F)cc(F)c1)C(=O)N(C)c1ccc2scnc2c1. The summed E-state index contributed by atoms with van der Waals surface area (Å²) in [6.45, 7) is 3.66. The van der Waals surface area contributed by atoms with Crippen LogP contribution in [0.2, 0.25) is 0 Å². The van der Waals surface area contributed by atoms with Crippen molar-refractivity contribution in [3.63, 3.8) is 0 Å². The van der Waals surface area contributed by atoms with Gasteiger partial charge in [0, 0.05) is 31.8 Å². The Morgan fingerprint density at radius 1 is 1.11 bits per heavy atom. The van der Waals surface area contributed by atoms with Gasteiger partial charge >= 0.3 is 16.2 Å². The van der Waals surface area contributed by atoms with E-state index in [9.17, 15) is 26.8 Å². The molecule has 0 bridgehead atoms. The number of halogens is 2. The van der Waals surface area contributed by atoms with E-state index in [0.29, 0.717) is 17.3 Å². The number of fused-ring (bicyclic) bond motifs is 1. The molecular weight excluding hydrogens is 500 g/mol. The Labute approximate surface area is 205 Å². The molecule has 0 saturated carbocycles. The van der Waals surface area contributed by atoms with Crippen molar-refractivity contribution in [2.24, 2.45) is 5.92 Å². The first kappa shape index (κ1) is 26.4. The van der Waals surface area contributed by atoms with E-state index in [1.807, 2.05) is 0 Å². The number of urea groups is 1. The highest BCUT2D eigenvalue weighted by atomic mass is 32.2. The second kappa shape index (κ2) is 11.1. The number of carbonyl (C=O) groups is 2. The number of benzene rings is 2. The third-order valence-electron chi connectivity index (χ3n) is 4.91. The van der Waals surface area contributed by atoms with Gasteiger partial charge in [-0.3, -0.25) is 4.79 Å². The molecule has 3 aromatic rings. The van der Waals surface area contributed by atoms with Crippen molar-refractivity contribution in [1.29, 1.82) is 0 Å². The van der Waals surface area contributed by atoms with Crippen LogP contribution in [0.25, 0.3) is 10.2 Å². The molecular formula is C22H25F2N5O4S2. The number of hydrogen-bond donors (Lipinski definition) is 3. The van der Waals surface area contributed by atoms with E-state index in [1.165, 1.54) is 23.3 Å². The lowest BCUT2D eigenvalue weighted by molar-refractivity contribution is -0.120. The van der Waals surface area contributed by atoms with Gasteiger partial charge in [-0.1, -0.05) is 13.8 Å². The zero-order valence-corrected chi connectivity index (χ0v) is 20.8. The molecule has 0 fully saturated rings. The number of hydrogen-bond acceptors (Lipinski definition) is 6. The van der Waals surface area contributed by atoms with Gasteiger partial charge in [-0.25, -0.2) is 23.3 Å². The fraction of sp³-hybridized carbons (Fsp3) is 0.318. The van der Waals surface area contributed by atoms with Crippen molar-refractivity contribution >= 4 is 49.4 Å². The molecule has 1 atom stereocenters. The van der Waals surface area contributed by atoms with Crippen LogP contribution in [0.15, 0.2) is 41.9 Å². The number of carbonyl (C=O) groups excluding carboxylic acids is 2. The Morgan fingerprint density at radius 3 is 2.46 bits per heavy atom. The summed E-state index contributed by atoms with van der Waals surface area (Å²) >= 11 is 1.43. The first-order valence-electron chi connectivity index (χ1n) is 10.6.